The van der Waals surface area contributed by atoms with E-state index in [0.717, 1.165) is 54.4 Å². The van der Waals surface area contributed by atoms with E-state index < -0.39 is 0 Å². The maximum atomic E-state index is 12.6. The number of amides is 1. The first-order valence-electron chi connectivity index (χ1n) is 10.3. The smallest absolute Gasteiger partial charge is 0.257 e. The molecule has 2 aliphatic heterocycles. The fourth-order valence-corrected chi connectivity index (χ4v) is 4.28. The second-order valence-corrected chi connectivity index (χ2v) is 7.75. The van der Waals surface area contributed by atoms with E-state index in [-0.39, 0.29) is 5.91 Å². The lowest BCUT2D eigenvalue weighted by molar-refractivity contribution is 0.102. The van der Waals surface area contributed by atoms with E-state index >= 15 is 0 Å². The average Bonchev–Trinajstić information content (AvgIpc) is 3.31. The van der Waals surface area contributed by atoms with Gasteiger partial charge in [-0.1, -0.05) is 6.42 Å². The van der Waals surface area contributed by atoms with Gasteiger partial charge in [0.05, 0.1) is 16.6 Å². The van der Waals surface area contributed by atoms with Crippen molar-refractivity contribution in [2.45, 2.75) is 45.1 Å². The van der Waals surface area contributed by atoms with E-state index in [0.29, 0.717) is 5.56 Å². The Labute approximate surface area is 164 Å². The first-order valence-corrected chi connectivity index (χ1v) is 10.3. The highest BCUT2D eigenvalue weighted by molar-refractivity contribution is 6.04. The summed E-state index contributed by atoms with van der Waals surface area (Å²) in [6, 6.07) is 9.80. The minimum absolute atomic E-state index is 0.138. The maximum absolute atomic E-state index is 12.6. The first-order chi connectivity index (χ1) is 13.8. The lowest BCUT2D eigenvalue weighted by Gasteiger charge is -2.16. The van der Waals surface area contributed by atoms with E-state index in [1.807, 2.05) is 24.3 Å². The number of rotatable bonds is 3. The second kappa shape index (κ2) is 7.26. The fourth-order valence-electron chi connectivity index (χ4n) is 4.28. The monoisotopic (exact) mass is 375 g/mol. The van der Waals surface area contributed by atoms with Crippen LogP contribution in [0.3, 0.4) is 0 Å². The number of nitrogens with one attached hydrogen (secondary N) is 1. The van der Waals surface area contributed by atoms with Crippen LogP contribution in [-0.4, -0.2) is 33.5 Å². The van der Waals surface area contributed by atoms with Crippen LogP contribution in [0.4, 0.5) is 11.5 Å². The molecule has 0 unspecified atom stereocenters. The number of nitrogens with zero attached hydrogens (tertiary/aromatic N) is 4. The molecule has 3 aromatic rings. The van der Waals surface area contributed by atoms with Crippen LogP contribution in [0.15, 0.2) is 36.5 Å². The van der Waals surface area contributed by atoms with Gasteiger partial charge >= 0.3 is 0 Å². The van der Waals surface area contributed by atoms with Crippen molar-refractivity contribution in [3.63, 3.8) is 0 Å². The van der Waals surface area contributed by atoms with E-state index in [1.165, 1.54) is 32.1 Å². The number of aryl methyl sites for hydroxylation is 2. The van der Waals surface area contributed by atoms with Crippen LogP contribution in [0.5, 0.6) is 0 Å². The van der Waals surface area contributed by atoms with Gasteiger partial charge < -0.3 is 14.8 Å². The molecule has 0 atom stereocenters. The third-order valence-corrected chi connectivity index (χ3v) is 5.81. The van der Waals surface area contributed by atoms with E-state index in [4.69, 9.17) is 4.98 Å². The summed E-state index contributed by atoms with van der Waals surface area (Å²) in [5, 5.41) is 2.99. The molecular formula is C22H25N5O. The highest BCUT2D eigenvalue weighted by Gasteiger charge is 2.16. The van der Waals surface area contributed by atoms with Gasteiger partial charge in [0, 0.05) is 37.9 Å². The van der Waals surface area contributed by atoms with Crippen LogP contribution in [0.25, 0.3) is 11.0 Å². The summed E-state index contributed by atoms with van der Waals surface area (Å²) in [6.07, 6.45) is 8.80. The zero-order chi connectivity index (χ0) is 18.9. The highest BCUT2D eigenvalue weighted by Crippen LogP contribution is 2.25. The first kappa shape index (κ1) is 17.2. The molecule has 6 heteroatoms. The number of fused-ring (bicyclic) bond motifs is 3. The number of anilines is 2. The molecule has 4 heterocycles. The summed E-state index contributed by atoms with van der Waals surface area (Å²) < 4.78 is 2.33. The number of pyridine rings is 1. The van der Waals surface area contributed by atoms with Gasteiger partial charge in [0.15, 0.2) is 0 Å². The molecule has 0 aliphatic carbocycles. The Kier molecular flexibility index (Phi) is 4.47. The predicted octanol–water partition coefficient (Wildman–Crippen LogP) is 4.01. The molecule has 1 saturated heterocycles. The Hall–Kier alpha value is -2.89. The quantitative estimate of drug-likeness (QED) is 0.751. The number of hydrogen-bond acceptors (Lipinski definition) is 4. The van der Waals surface area contributed by atoms with Crippen molar-refractivity contribution in [1.29, 1.82) is 0 Å². The van der Waals surface area contributed by atoms with Crippen LogP contribution < -0.4 is 10.2 Å². The summed E-state index contributed by atoms with van der Waals surface area (Å²) in [5.74, 6) is 1.98. The fraction of sp³-hybridized carbons (Fsp3) is 0.409. The van der Waals surface area contributed by atoms with Gasteiger partial charge in [0.2, 0.25) is 0 Å². The molecule has 0 spiro atoms. The lowest BCUT2D eigenvalue weighted by Crippen LogP contribution is -2.19. The Bertz CT molecular complexity index is 1000. The van der Waals surface area contributed by atoms with Gasteiger partial charge in [-0.25, -0.2) is 9.97 Å². The summed E-state index contributed by atoms with van der Waals surface area (Å²) in [5.41, 5.74) is 3.46. The number of hydrogen-bond donors (Lipinski definition) is 1. The van der Waals surface area contributed by atoms with Gasteiger partial charge in [-0.3, -0.25) is 4.79 Å². The molecule has 144 valence electrons. The Morgan fingerprint density at radius 1 is 0.964 bits per heavy atom. The molecule has 0 bridgehead atoms. The van der Waals surface area contributed by atoms with Crippen LogP contribution >= 0.6 is 0 Å². The Balaban J connectivity index is 1.33. The van der Waals surface area contributed by atoms with Gasteiger partial charge in [0.25, 0.3) is 5.91 Å². The van der Waals surface area contributed by atoms with Gasteiger partial charge in [-0.15, -0.1) is 0 Å². The van der Waals surface area contributed by atoms with Gasteiger partial charge in [-0.2, -0.15) is 0 Å². The number of imidazole rings is 1. The molecule has 1 aromatic carbocycles. The lowest BCUT2D eigenvalue weighted by atomic mass is 10.2. The van der Waals surface area contributed by atoms with Crippen molar-refractivity contribution < 1.29 is 4.79 Å². The molecule has 0 saturated carbocycles. The minimum atomic E-state index is -0.138. The normalized spacial score (nSPS) is 16.8. The number of aromatic nitrogens is 3. The zero-order valence-electron chi connectivity index (χ0n) is 16.0. The molecule has 1 N–H and O–H groups in total. The van der Waals surface area contributed by atoms with Crippen molar-refractivity contribution in [1.82, 2.24) is 14.5 Å². The van der Waals surface area contributed by atoms with Crippen LogP contribution in [0.1, 0.15) is 48.3 Å². The zero-order valence-corrected chi connectivity index (χ0v) is 16.0. The van der Waals surface area contributed by atoms with E-state index in [2.05, 4.69) is 25.8 Å². The SMILES string of the molecule is O=C(Nc1ccc2c(c1)nc1n2CCCCC1)c1ccc(N2CCCC2)nc1. The summed E-state index contributed by atoms with van der Waals surface area (Å²) in [7, 11) is 0. The molecule has 1 fully saturated rings. The molecule has 0 radical (unpaired) electrons. The van der Waals surface area contributed by atoms with E-state index in [1.54, 1.807) is 6.20 Å². The van der Waals surface area contributed by atoms with Crippen LogP contribution in [-0.2, 0) is 13.0 Å². The molecule has 6 nitrogen and oxygen atoms in total. The van der Waals surface area contributed by atoms with Crippen molar-refractivity contribution >= 4 is 28.4 Å². The molecule has 2 aliphatic rings. The molecule has 28 heavy (non-hydrogen) atoms. The molecule has 1 amide bonds. The number of carbonyl (C=O) groups is 1. The third-order valence-electron chi connectivity index (χ3n) is 5.81. The number of carbonyl (C=O) groups excluding carboxylic acids is 1. The molecule has 2 aromatic heterocycles. The largest absolute Gasteiger partial charge is 0.357 e. The average molecular weight is 375 g/mol. The van der Waals surface area contributed by atoms with Crippen molar-refractivity contribution in [3.8, 4) is 0 Å². The summed E-state index contributed by atoms with van der Waals surface area (Å²) >= 11 is 0. The standard InChI is InChI=1S/C22H25N5O/c28-22(16-7-10-20(23-15-16)26-11-4-5-12-26)24-17-8-9-19-18(14-17)25-21-6-2-1-3-13-27(19)21/h7-10,14-15H,1-6,11-13H2,(H,24,28). The summed E-state index contributed by atoms with van der Waals surface area (Å²) in [6.45, 7) is 3.13. The Morgan fingerprint density at radius 3 is 2.64 bits per heavy atom. The second-order valence-electron chi connectivity index (χ2n) is 7.75. The maximum Gasteiger partial charge on any atom is 0.257 e. The van der Waals surface area contributed by atoms with E-state index in [9.17, 15) is 4.79 Å². The number of benzene rings is 1. The minimum Gasteiger partial charge on any atom is -0.357 e. The topological polar surface area (TPSA) is 63.1 Å². The Morgan fingerprint density at radius 2 is 1.82 bits per heavy atom. The van der Waals surface area contributed by atoms with Crippen LogP contribution in [0, 0.1) is 0 Å². The van der Waals surface area contributed by atoms with Gasteiger partial charge in [-0.05, 0) is 56.0 Å². The van der Waals surface area contributed by atoms with Crippen molar-refractivity contribution in [2.24, 2.45) is 0 Å². The van der Waals surface area contributed by atoms with Crippen molar-refractivity contribution in [3.05, 3.63) is 47.9 Å². The van der Waals surface area contributed by atoms with Crippen LogP contribution in [0.2, 0.25) is 0 Å². The summed E-state index contributed by atoms with van der Waals surface area (Å²) in [4.78, 5) is 24.2. The van der Waals surface area contributed by atoms with Crippen molar-refractivity contribution in [2.75, 3.05) is 23.3 Å². The molecular weight excluding hydrogens is 350 g/mol. The highest BCUT2D eigenvalue weighted by atomic mass is 16.1. The van der Waals surface area contributed by atoms with Gasteiger partial charge in [0.1, 0.15) is 11.6 Å². The predicted molar refractivity (Wildman–Crippen MR) is 111 cm³/mol. The third kappa shape index (κ3) is 3.23. The molecule has 5 rings (SSSR count).